The van der Waals surface area contributed by atoms with E-state index in [4.69, 9.17) is 9.84 Å². The first-order valence-electron chi connectivity index (χ1n) is 6.19. The van der Waals surface area contributed by atoms with Crippen LogP contribution in [0.15, 0.2) is 0 Å². The van der Waals surface area contributed by atoms with Crippen molar-refractivity contribution in [2.24, 2.45) is 11.8 Å². The minimum absolute atomic E-state index is 0.371. The van der Waals surface area contributed by atoms with Crippen LogP contribution < -0.4 is 5.32 Å². The summed E-state index contributed by atoms with van der Waals surface area (Å²) in [6.45, 7) is 3.40. The Bertz CT molecular complexity index is 153. The summed E-state index contributed by atoms with van der Waals surface area (Å²) in [6.07, 6.45) is 6.12. The highest BCUT2D eigenvalue weighted by atomic mass is 16.5. The van der Waals surface area contributed by atoms with Gasteiger partial charge in [-0.1, -0.05) is 6.42 Å². The lowest BCUT2D eigenvalue weighted by Gasteiger charge is -2.17. The maximum absolute atomic E-state index is 9.16. The number of methoxy groups -OCH3 is 1. The van der Waals surface area contributed by atoms with Gasteiger partial charge in [-0.05, 0) is 50.6 Å². The standard InChI is InChI=1S/C12H25NO2/c1-15-8-3-2-7-13-9-11-5-4-6-12(11)10-14/h11-14H,2-10H2,1H3. The summed E-state index contributed by atoms with van der Waals surface area (Å²) >= 11 is 0. The van der Waals surface area contributed by atoms with Crippen molar-refractivity contribution in [2.75, 3.05) is 33.4 Å². The molecule has 2 N–H and O–H groups in total. The molecule has 0 spiro atoms. The van der Waals surface area contributed by atoms with Gasteiger partial charge in [0, 0.05) is 20.3 Å². The van der Waals surface area contributed by atoms with E-state index in [0.29, 0.717) is 18.4 Å². The highest BCUT2D eigenvalue weighted by molar-refractivity contribution is 4.78. The zero-order chi connectivity index (χ0) is 10.9. The molecule has 3 heteroatoms. The fourth-order valence-corrected chi connectivity index (χ4v) is 2.41. The van der Waals surface area contributed by atoms with E-state index in [1.54, 1.807) is 7.11 Å². The number of unbranched alkanes of at least 4 members (excludes halogenated alkanes) is 1. The molecular weight excluding hydrogens is 190 g/mol. The maximum Gasteiger partial charge on any atom is 0.0462 e. The quantitative estimate of drug-likeness (QED) is 0.602. The van der Waals surface area contributed by atoms with Crippen LogP contribution in [0.4, 0.5) is 0 Å². The topological polar surface area (TPSA) is 41.5 Å². The van der Waals surface area contributed by atoms with Gasteiger partial charge >= 0.3 is 0 Å². The Kier molecular flexibility index (Phi) is 6.98. The molecule has 0 aromatic carbocycles. The molecule has 2 unspecified atom stereocenters. The molecule has 0 bridgehead atoms. The normalized spacial score (nSPS) is 26.0. The molecular formula is C12H25NO2. The number of aliphatic hydroxyl groups is 1. The molecule has 2 atom stereocenters. The van der Waals surface area contributed by atoms with Crippen molar-refractivity contribution in [3.8, 4) is 0 Å². The van der Waals surface area contributed by atoms with Crippen molar-refractivity contribution in [3.05, 3.63) is 0 Å². The molecule has 1 saturated carbocycles. The fourth-order valence-electron chi connectivity index (χ4n) is 2.41. The van der Waals surface area contributed by atoms with E-state index >= 15 is 0 Å². The third-order valence-electron chi connectivity index (χ3n) is 3.41. The van der Waals surface area contributed by atoms with Crippen molar-refractivity contribution < 1.29 is 9.84 Å². The van der Waals surface area contributed by atoms with Crippen molar-refractivity contribution in [1.29, 1.82) is 0 Å². The van der Waals surface area contributed by atoms with Gasteiger partial charge in [0.1, 0.15) is 0 Å². The average molecular weight is 215 g/mol. The van der Waals surface area contributed by atoms with Crippen LogP contribution in [0.2, 0.25) is 0 Å². The number of aliphatic hydroxyl groups excluding tert-OH is 1. The second-order valence-corrected chi connectivity index (χ2v) is 4.54. The third-order valence-corrected chi connectivity index (χ3v) is 3.41. The van der Waals surface area contributed by atoms with Gasteiger partial charge in [0.05, 0.1) is 0 Å². The van der Waals surface area contributed by atoms with Crippen LogP contribution in [-0.2, 0) is 4.74 Å². The Morgan fingerprint density at radius 1 is 1.27 bits per heavy atom. The fraction of sp³-hybridized carbons (Fsp3) is 1.00. The van der Waals surface area contributed by atoms with E-state index in [0.717, 1.165) is 26.1 Å². The molecule has 15 heavy (non-hydrogen) atoms. The summed E-state index contributed by atoms with van der Waals surface area (Å²) in [7, 11) is 1.75. The van der Waals surface area contributed by atoms with Gasteiger partial charge in [0.15, 0.2) is 0 Å². The summed E-state index contributed by atoms with van der Waals surface area (Å²) in [4.78, 5) is 0. The van der Waals surface area contributed by atoms with Crippen LogP contribution >= 0.6 is 0 Å². The number of hydrogen-bond acceptors (Lipinski definition) is 3. The lowest BCUT2D eigenvalue weighted by molar-refractivity contribution is 0.187. The summed E-state index contributed by atoms with van der Waals surface area (Å²) < 4.78 is 5.00. The van der Waals surface area contributed by atoms with Gasteiger partial charge < -0.3 is 15.2 Å². The highest BCUT2D eigenvalue weighted by Crippen LogP contribution is 2.30. The van der Waals surface area contributed by atoms with E-state index in [9.17, 15) is 0 Å². The Balaban J connectivity index is 1.95. The SMILES string of the molecule is COCCCCNCC1CCCC1CO. The zero-order valence-electron chi connectivity index (χ0n) is 9.87. The molecule has 90 valence electrons. The van der Waals surface area contributed by atoms with E-state index in [1.807, 2.05) is 0 Å². The monoisotopic (exact) mass is 215 g/mol. The van der Waals surface area contributed by atoms with Crippen molar-refractivity contribution in [3.63, 3.8) is 0 Å². The first kappa shape index (κ1) is 12.9. The van der Waals surface area contributed by atoms with E-state index in [1.165, 1.54) is 25.7 Å². The van der Waals surface area contributed by atoms with Crippen LogP contribution in [0.1, 0.15) is 32.1 Å². The summed E-state index contributed by atoms with van der Waals surface area (Å²) in [5.41, 5.74) is 0. The lowest BCUT2D eigenvalue weighted by atomic mass is 9.97. The second kappa shape index (κ2) is 8.08. The molecule has 0 aromatic rings. The minimum atomic E-state index is 0.371. The zero-order valence-corrected chi connectivity index (χ0v) is 9.87. The van der Waals surface area contributed by atoms with Gasteiger partial charge in [-0.3, -0.25) is 0 Å². The Labute approximate surface area is 93.2 Å². The average Bonchev–Trinajstić information content (AvgIpc) is 2.70. The molecule has 0 radical (unpaired) electrons. The Morgan fingerprint density at radius 2 is 2.07 bits per heavy atom. The summed E-state index contributed by atoms with van der Waals surface area (Å²) in [5, 5.41) is 12.6. The van der Waals surface area contributed by atoms with E-state index in [2.05, 4.69) is 5.32 Å². The first-order valence-corrected chi connectivity index (χ1v) is 6.19. The second-order valence-electron chi connectivity index (χ2n) is 4.54. The van der Waals surface area contributed by atoms with Crippen LogP contribution in [-0.4, -0.2) is 38.5 Å². The summed E-state index contributed by atoms with van der Waals surface area (Å²) in [6, 6.07) is 0. The van der Waals surface area contributed by atoms with E-state index < -0.39 is 0 Å². The predicted molar refractivity (Wildman–Crippen MR) is 61.9 cm³/mol. The molecule has 0 aromatic heterocycles. The van der Waals surface area contributed by atoms with Gasteiger partial charge in [-0.15, -0.1) is 0 Å². The molecule has 0 heterocycles. The third kappa shape index (κ3) is 4.96. The first-order chi connectivity index (χ1) is 7.38. The smallest absolute Gasteiger partial charge is 0.0462 e. The number of hydrogen-bond donors (Lipinski definition) is 2. The van der Waals surface area contributed by atoms with Crippen LogP contribution in [0.25, 0.3) is 0 Å². The van der Waals surface area contributed by atoms with Gasteiger partial charge in [0.25, 0.3) is 0 Å². The molecule has 1 aliphatic carbocycles. The number of nitrogens with one attached hydrogen (secondary N) is 1. The van der Waals surface area contributed by atoms with Crippen molar-refractivity contribution in [2.45, 2.75) is 32.1 Å². The molecule has 0 amide bonds. The Morgan fingerprint density at radius 3 is 2.80 bits per heavy atom. The molecule has 3 nitrogen and oxygen atoms in total. The minimum Gasteiger partial charge on any atom is -0.396 e. The predicted octanol–water partition coefficient (Wildman–Crippen LogP) is 1.41. The molecule has 0 saturated heterocycles. The van der Waals surface area contributed by atoms with Crippen LogP contribution in [0.5, 0.6) is 0 Å². The highest BCUT2D eigenvalue weighted by Gasteiger charge is 2.25. The van der Waals surface area contributed by atoms with Crippen LogP contribution in [0.3, 0.4) is 0 Å². The lowest BCUT2D eigenvalue weighted by Crippen LogP contribution is -2.27. The maximum atomic E-state index is 9.16. The van der Waals surface area contributed by atoms with Crippen molar-refractivity contribution >= 4 is 0 Å². The van der Waals surface area contributed by atoms with Crippen molar-refractivity contribution in [1.82, 2.24) is 5.32 Å². The molecule has 1 aliphatic rings. The summed E-state index contributed by atoms with van der Waals surface area (Å²) in [5.74, 6) is 1.26. The van der Waals surface area contributed by atoms with Gasteiger partial charge in [-0.25, -0.2) is 0 Å². The molecule has 1 rings (SSSR count). The van der Waals surface area contributed by atoms with Crippen LogP contribution in [0, 0.1) is 11.8 Å². The molecule has 0 aliphatic heterocycles. The number of ether oxygens (including phenoxy) is 1. The largest absolute Gasteiger partial charge is 0.396 e. The van der Waals surface area contributed by atoms with Gasteiger partial charge in [0.2, 0.25) is 0 Å². The Hall–Kier alpha value is -0.120. The number of rotatable bonds is 8. The van der Waals surface area contributed by atoms with E-state index in [-0.39, 0.29) is 0 Å². The molecule has 1 fully saturated rings. The van der Waals surface area contributed by atoms with Gasteiger partial charge in [-0.2, -0.15) is 0 Å².